The number of benzene rings is 1. The molecule has 0 radical (unpaired) electrons. The van der Waals surface area contributed by atoms with E-state index in [2.05, 4.69) is 17.6 Å². The van der Waals surface area contributed by atoms with Crippen LogP contribution in [0.4, 0.5) is 8.78 Å². The van der Waals surface area contributed by atoms with E-state index in [4.69, 9.17) is 0 Å². The number of piperidine rings is 1. The summed E-state index contributed by atoms with van der Waals surface area (Å²) < 4.78 is 25.9. The minimum Gasteiger partial charge on any atom is -0.356 e. The number of nitrogens with one attached hydrogen (secondary N) is 2. The van der Waals surface area contributed by atoms with Crippen molar-refractivity contribution in [2.75, 3.05) is 19.6 Å². The van der Waals surface area contributed by atoms with Gasteiger partial charge in [0.15, 0.2) is 11.6 Å². The third-order valence-corrected chi connectivity index (χ3v) is 4.38. The summed E-state index contributed by atoms with van der Waals surface area (Å²) in [4.78, 5) is 11.9. The topological polar surface area (TPSA) is 41.1 Å². The first-order chi connectivity index (χ1) is 10.5. The molecule has 2 rings (SSSR count). The molecule has 1 aromatic rings. The highest BCUT2D eigenvalue weighted by molar-refractivity contribution is 5.85. The average molecular weight is 347 g/mol. The third kappa shape index (κ3) is 6.43. The van der Waals surface area contributed by atoms with Crippen LogP contribution in [-0.4, -0.2) is 25.5 Å². The number of carbonyl (C=O) groups excluding carboxylic acids is 1. The Morgan fingerprint density at radius 3 is 2.61 bits per heavy atom. The van der Waals surface area contributed by atoms with E-state index in [1.807, 2.05) is 0 Å². The van der Waals surface area contributed by atoms with Crippen molar-refractivity contribution in [3.05, 3.63) is 35.4 Å². The highest BCUT2D eigenvalue weighted by atomic mass is 35.5. The molecule has 2 N–H and O–H groups in total. The molecule has 1 heterocycles. The summed E-state index contributed by atoms with van der Waals surface area (Å²) in [6.45, 7) is 4.92. The van der Waals surface area contributed by atoms with Crippen LogP contribution in [0.15, 0.2) is 18.2 Å². The normalized spacial score (nSPS) is 16.5. The van der Waals surface area contributed by atoms with Crippen LogP contribution in [0.2, 0.25) is 0 Å². The lowest BCUT2D eigenvalue weighted by Gasteiger charge is -2.34. The Balaban J connectivity index is 0.00000264. The number of carbonyl (C=O) groups is 1. The summed E-state index contributed by atoms with van der Waals surface area (Å²) in [6.07, 6.45) is 3.76. The second kappa shape index (κ2) is 9.18. The predicted octanol–water partition coefficient (Wildman–Crippen LogP) is 3.22. The van der Waals surface area contributed by atoms with Crippen molar-refractivity contribution in [2.45, 2.75) is 39.0 Å². The van der Waals surface area contributed by atoms with E-state index in [1.165, 1.54) is 6.07 Å². The second-order valence-electron chi connectivity index (χ2n) is 6.44. The van der Waals surface area contributed by atoms with Gasteiger partial charge in [0, 0.05) is 13.0 Å². The summed E-state index contributed by atoms with van der Waals surface area (Å²) in [5.74, 6) is -1.64. The number of rotatable bonds is 6. The smallest absolute Gasteiger partial charge is 0.220 e. The number of aryl methyl sites for hydroxylation is 1. The Labute approximate surface area is 142 Å². The molecule has 1 saturated heterocycles. The van der Waals surface area contributed by atoms with E-state index in [9.17, 15) is 13.6 Å². The standard InChI is InChI=1S/C17H24F2N2O.ClH/c1-17(7-9-20-10-8-17)12-21-16(22)4-2-3-13-5-6-14(18)15(19)11-13;/h5-6,11,20H,2-4,7-10,12H2,1H3,(H,21,22);1H. The van der Waals surface area contributed by atoms with Crippen LogP contribution in [0.25, 0.3) is 0 Å². The van der Waals surface area contributed by atoms with Crippen LogP contribution in [0.5, 0.6) is 0 Å². The van der Waals surface area contributed by atoms with Gasteiger partial charge in [-0.05, 0) is 61.9 Å². The van der Waals surface area contributed by atoms with Crippen molar-refractivity contribution in [2.24, 2.45) is 5.41 Å². The van der Waals surface area contributed by atoms with E-state index in [1.54, 1.807) is 6.07 Å². The number of halogens is 3. The van der Waals surface area contributed by atoms with Crippen molar-refractivity contribution < 1.29 is 13.6 Å². The molecular formula is C17H25ClF2N2O. The molecule has 1 aliphatic heterocycles. The van der Waals surface area contributed by atoms with Gasteiger partial charge in [-0.25, -0.2) is 8.78 Å². The molecule has 1 aromatic carbocycles. The fourth-order valence-electron chi connectivity index (χ4n) is 2.76. The lowest BCUT2D eigenvalue weighted by atomic mass is 9.81. The highest BCUT2D eigenvalue weighted by Gasteiger charge is 2.26. The maximum atomic E-state index is 13.1. The second-order valence-corrected chi connectivity index (χ2v) is 6.44. The quantitative estimate of drug-likeness (QED) is 0.830. The van der Waals surface area contributed by atoms with E-state index < -0.39 is 11.6 Å². The van der Waals surface area contributed by atoms with Crippen LogP contribution in [-0.2, 0) is 11.2 Å². The van der Waals surface area contributed by atoms with Crippen LogP contribution in [0.3, 0.4) is 0 Å². The molecule has 0 unspecified atom stereocenters. The molecule has 0 bridgehead atoms. The Bertz CT molecular complexity index is 519. The first-order valence-electron chi connectivity index (χ1n) is 7.90. The molecule has 0 saturated carbocycles. The van der Waals surface area contributed by atoms with Crippen LogP contribution in [0, 0.1) is 17.0 Å². The van der Waals surface area contributed by atoms with Gasteiger partial charge in [0.1, 0.15) is 0 Å². The van der Waals surface area contributed by atoms with Gasteiger partial charge in [0.05, 0.1) is 0 Å². The minimum atomic E-state index is -0.836. The van der Waals surface area contributed by atoms with Gasteiger partial charge < -0.3 is 10.6 Å². The molecule has 6 heteroatoms. The van der Waals surface area contributed by atoms with Crippen LogP contribution in [0.1, 0.15) is 38.2 Å². The van der Waals surface area contributed by atoms with Gasteiger partial charge in [-0.2, -0.15) is 0 Å². The van der Waals surface area contributed by atoms with E-state index in [0.717, 1.165) is 37.6 Å². The molecule has 1 fully saturated rings. The zero-order valence-corrected chi connectivity index (χ0v) is 14.3. The molecule has 1 aliphatic rings. The molecule has 0 atom stereocenters. The van der Waals surface area contributed by atoms with Crippen molar-refractivity contribution >= 4 is 18.3 Å². The van der Waals surface area contributed by atoms with Crippen LogP contribution >= 0.6 is 12.4 Å². The Kier molecular flexibility index (Phi) is 7.92. The fraction of sp³-hybridized carbons (Fsp3) is 0.588. The maximum absolute atomic E-state index is 13.1. The van der Waals surface area contributed by atoms with E-state index in [0.29, 0.717) is 25.8 Å². The molecular weight excluding hydrogens is 322 g/mol. The molecule has 0 aromatic heterocycles. The van der Waals surface area contributed by atoms with Gasteiger partial charge in [-0.1, -0.05) is 13.0 Å². The Morgan fingerprint density at radius 2 is 1.96 bits per heavy atom. The molecule has 23 heavy (non-hydrogen) atoms. The summed E-state index contributed by atoms with van der Waals surface area (Å²) >= 11 is 0. The minimum absolute atomic E-state index is 0. The van der Waals surface area contributed by atoms with Gasteiger partial charge in [0.25, 0.3) is 0 Å². The number of amides is 1. The fourth-order valence-corrected chi connectivity index (χ4v) is 2.76. The monoisotopic (exact) mass is 346 g/mol. The highest BCUT2D eigenvalue weighted by Crippen LogP contribution is 2.26. The first-order valence-corrected chi connectivity index (χ1v) is 7.90. The zero-order chi connectivity index (χ0) is 16.0. The summed E-state index contributed by atoms with van der Waals surface area (Å²) in [7, 11) is 0. The lowest BCUT2D eigenvalue weighted by Crippen LogP contribution is -2.42. The average Bonchev–Trinajstić information content (AvgIpc) is 2.50. The summed E-state index contributed by atoms with van der Waals surface area (Å²) in [6, 6.07) is 3.89. The van der Waals surface area contributed by atoms with Gasteiger partial charge >= 0.3 is 0 Å². The third-order valence-electron chi connectivity index (χ3n) is 4.38. The Hall–Kier alpha value is -1.20. The van der Waals surface area contributed by atoms with Gasteiger partial charge in [0.2, 0.25) is 5.91 Å². The lowest BCUT2D eigenvalue weighted by molar-refractivity contribution is -0.121. The number of hydrogen-bond donors (Lipinski definition) is 2. The Morgan fingerprint density at radius 1 is 1.26 bits per heavy atom. The number of hydrogen-bond acceptors (Lipinski definition) is 2. The maximum Gasteiger partial charge on any atom is 0.220 e. The molecule has 0 spiro atoms. The van der Waals surface area contributed by atoms with Gasteiger partial charge in [-0.15, -0.1) is 12.4 Å². The first kappa shape index (κ1) is 19.8. The van der Waals surface area contributed by atoms with E-state index in [-0.39, 0.29) is 23.7 Å². The predicted molar refractivity (Wildman–Crippen MR) is 89.8 cm³/mol. The van der Waals surface area contributed by atoms with Crippen molar-refractivity contribution in [3.8, 4) is 0 Å². The summed E-state index contributed by atoms with van der Waals surface area (Å²) in [5, 5.41) is 6.32. The molecule has 1 amide bonds. The van der Waals surface area contributed by atoms with Crippen molar-refractivity contribution in [1.82, 2.24) is 10.6 Å². The molecule has 130 valence electrons. The van der Waals surface area contributed by atoms with Crippen molar-refractivity contribution in [3.63, 3.8) is 0 Å². The zero-order valence-electron chi connectivity index (χ0n) is 13.5. The van der Waals surface area contributed by atoms with Gasteiger partial charge in [-0.3, -0.25) is 4.79 Å². The van der Waals surface area contributed by atoms with Crippen LogP contribution < -0.4 is 10.6 Å². The van der Waals surface area contributed by atoms with Crippen molar-refractivity contribution in [1.29, 1.82) is 0 Å². The molecule has 0 aliphatic carbocycles. The largest absolute Gasteiger partial charge is 0.356 e. The summed E-state index contributed by atoms with van der Waals surface area (Å²) in [5.41, 5.74) is 0.901. The SMILES string of the molecule is CC1(CNC(=O)CCCc2ccc(F)c(F)c2)CCNCC1.Cl. The van der Waals surface area contributed by atoms with E-state index >= 15 is 0 Å². The molecule has 3 nitrogen and oxygen atoms in total.